The Hall–Kier alpha value is -4.10. The fourth-order valence-electron chi connectivity index (χ4n) is 6.06. The van der Waals surface area contributed by atoms with Crippen LogP contribution in [0.4, 0.5) is 0 Å². The summed E-state index contributed by atoms with van der Waals surface area (Å²) in [6.07, 6.45) is 8.31. The standard InChI is InChI=1S/C31H30N2O5/c1-4-18(2)29(35)38-30(3)15-20-7-5-6-8-23(20)28(21-9-11-26(32)33-17-21)31(30)16-22-13-19-10-12-27(34)36-24(19)14-25(22)37-31/h4-14,17,26,28,33H,15-16,32H2,1-3H3/b18-4+/t26?,28-,30+,31-/m1/s1. The Kier molecular flexibility index (Phi) is 5.58. The number of ether oxygens (including phenoxy) is 2. The molecule has 2 aliphatic heterocycles. The Morgan fingerprint density at radius 3 is 2.74 bits per heavy atom. The van der Waals surface area contributed by atoms with Gasteiger partial charge in [0.05, 0.1) is 12.1 Å². The lowest BCUT2D eigenvalue weighted by Gasteiger charge is -2.53. The summed E-state index contributed by atoms with van der Waals surface area (Å²) in [5, 5.41) is 4.03. The minimum Gasteiger partial charge on any atom is -0.481 e. The zero-order valence-corrected chi connectivity index (χ0v) is 21.6. The molecule has 0 radical (unpaired) electrons. The van der Waals surface area contributed by atoms with Gasteiger partial charge in [0.25, 0.3) is 0 Å². The average molecular weight is 511 g/mol. The second-order valence-electron chi connectivity index (χ2n) is 10.5. The molecule has 3 aromatic rings. The third-order valence-electron chi connectivity index (χ3n) is 8.15. The van der Waals surface area contributed by atoms with Crippen LogP contribution >= 0.6 is 0 Å². The summed E-state index contributed by atoms with van der Waals surface area (Å²) in [7, 11) is 0. The molecule has 3 N–H and O–H groups in total. The van der Waals surface area contributed by atoms with Crippen LogP contribution in [0.1, 0.15) is 43.4 Å². The molecule has 0 saturated heterocycles. The van der Waals surface area contributed by atoms with E-state index in [2.05, 4.69) is 17.4 Å². The summed E-state index contributed by atoms with van der Waals surface area (Å²) >= 11 is 0. The Bertz CT molecular complexity index is 1620. The van der Waals surface area contributed by atoms with Crippen molar-refractivity contribution >= 4 is 16.9 Å². The molecule has 2 aromatic carbocycles. The summed E-state index contributed by atoms with van der Waals surface area (Å²) in [4.78, 5) is 25.2. The maximum atomic E-state index is 13.3. The Morgan fingerprint density at radius 2 is 1.97 bits per heavy atom. The van der Waals surface area contributed by atoms with Crippen molar-refractivity contribution in [1.29, 1.82) is 0 Å². The number of hydrogen-bond donors (Lipinski definition) is 2. The smallest absolute Gasteiger partial charge is 0.336 e. The molecule has 1 spiro atoms. The van der Waals surface area contributed by atoms with Crippen LogP contribution in [-0.4, -0.2) is 23.3 Å². The molecule has 194 valence electrons. The van der Waals surface area contributed by atoms with Crippen LogP contribution in [0.15, 0.2) is 93.3 Å². The molecule has 1 aliphatic carbocycles. The fourth-order valence-corrected chi connectivity index (χ4v) is 6.06. The van der Waals surface area contributed by atoms with Crippen molar-refractivity contribution in [3.05, 3.63) is 111 Å². The van der Waals surface area contributed by atoms with Gasteiger partial charge in [-0.25, -0.2) is 9.59 Å². The second-order valence-corrected chi connectivity index (χ2v) is 10.5. The lowest BCUT2D eigenvalue weighted by Crippen LogP contribution is -2.65. The van der Waals surface area contributed by atoms with E-state index >= 15 is 0 Å². The summed E-state index contributed by atoms with van der Waals surface area (Å²) in [5.74, 6) is -0.0437. The molecule has 4 atom stereocenters. The lowest BCUT2D eigenvalue weighted by molar-refractivity contribution is -0.184. The molecule has 7 heteroatoms. The van der Waals surface area contributed by atoms with E-state index in [0.29, 0.717) is 29.7 Å². The minimum atomic E-state index is -1.03. The first-order valence-corrected chi connectivity index (χ1v) is 12.8. The topological polar surface area (TPSA) is 104 Å². The van der Waals surface area contributed by atoms with Gasteiger partial charge in [-0.05, 0) is 61.2 Å². The highest BCUT2D eigenvalue weighted by atomic mass is 16.6. The SMILES string of the molecule is C/C=C(\C)C(=O)O[C@@]1(C)Cc2ccccc2[C@@H](C2=CNC(N)C=C2)[C@]12Cc1cc3ccc(=O)oc3cc1O2. The van der Waals surface area contributed by atoms with Crippen LogP contribution in [0.2, 0.25) is 0 Å². The van der Waals surface area contributed by atoms with Crippen molar-refractivity contribution in [2.24, 2.45) is 5.73 Å². The van der Waals surface area contributed by atoms with Gasteiger partial charge in [0.15, 0.2) is 11.2 Å². The summed E-state index contributed by atoms with van der Waals surface area (Å²) < 4.78 is 18.8. The van der Waals surface area contributed by atoms with Gasteiger partial charge in [-0.1, -0.05) is 36.4 Å². The van der Waals surface area contributed by atoms with Crippen LogP contribution < -0.4 is 21.4 Å². The highest BCUT2D eigenvalue weighted by Crippen LogP contribution is 2.57. The molecule has 38 heavy (non-hydrogen) atoms. The van der Waals surface area contributed by atoms with Crippen LogP contribution in [0.3, 0.4) is 0 Å². The van der Waals surface area contributed by atoms with E-state index in [1.165, 1.54) is 6.07 Å². The molecule has 0 bridgehead atoms. The lowest BCUT2D eigenvalue weighted by atomic mass is 9.59. The van der Waals surface area contributed by atoms with Gasteiger partial charge in [0.2, 0.25) is 0 Å². The average Bonchev–Trinajstić information content (AvgIpc) is 3.27. The molecule has 0 saturated carbocycles. The third kappa shape index (κ3) is 3.69. The molecular weight excluding hydrogens is 480 g/mol. The van der Waals surface area contributed by atoms with Gasteiger partial charge in [-0.3, -0.25) is 0 Å². The first-order chi connectivity index (χ1) is 18.2. The number of carbonyl (C=O) groups excluding carboxylic acids is 1. The zero-order valence-electron chi connectivity index (χ0n) is 21.6. The molecule has 3 aliphatic rings. The van der Waals surface area contributed by atoms with Crippen molar-refractivity contribution in [3.63, 3.8) is 0 Å². The molecule has 1 unspecified atom stereocenters. The predicted octanol–water partition coefficient (Wildman–Crippen LogP) is 4.40. The number of allylic oxidation sites excluding steroid dienone is 2. The van der Waals surface area contributed by atoms with Crippen molar-refractivity contribution < 1.29 is 18.7 Å². The van der Waals surface area contributed by atoms with E-state index in [1.54, 1.807) is 25.1 Å². The Morgan fingerprint density at radius 1 is 1.16 bits per heavy atom. The molecule has 3 heterocycles. The van der Waals surface area contributed by atoms with E-state index in [1.807, 2.05) is 50.4 Å². The van der Waals surface area contributed by atoms with Gasteiger partial charge >= 0.3 is 11.6 Å². The molecule has 7 nitrogen and oxygen atoms in total. The largest absolute Gasteiger partial charge is 0.481 e. The Labute approximate surface area is 220 Å². The van der Waals surface area contributed by atoms with Gasteiger partial charge in [0, 0.05) is 42.1 Å². The summed E-state index contributed by atoms with van der Waals surface area (Å²) in [6.45, 7) is 5.54. The van der Waals surface area contributed by atoms with Gasteiger partial charge in [-0.15, -0.1) is 0 Å². The van der Waals surface area contributed by atoms with E-state index in [0.717, 1.165) is 27.6 Å². The minimum absolute atomic E-state index is 0.282. The first-order valence-electron chi connectivity index (χ1n) is 12.8. The summed E-state index contributed by atoms with van der Waals surface area (Å²) in [5.41, 5.74) is 8.78. The predicted molar refractivity (Wildman–Crippen MR) is 145 cm³/mol. The fraction of sp³-hybridized carbons (Fsp3) is 0.290. The molecule has 0 fully saturated rings. The van der Waals surface area contributed by atoms with Crippen molar-refractivity contribution in [2.45, 2.75) is 56.9 Å². The number of esters is 1. The van der Waals surface area contributed by atoms with Crippen molar-refractivity contribution in [3.8, 4) is 5.75 Å². The summed E-state index contributed by atoms with van der Waals surface area (Å²) in [6, 6.07) is 15.2. The molecule has 1 aromatic heterocycles. The van der Waals surface area contributed by atoms with Crippen LogP contribution in [0.25, 0.3) is 11.0 Å². The normalized spacial score (nSPS) is 27.8. The number of dihydropyridines is 1. The van der Waals surface area contributed by atoms with Crippen molar-refractivity contribution in [1.82, 2.24) is 5.32 Å². The molecule has 0 amide bonds. The number of carbonyl (C=O) groups is 1. The maximum Gasteiger partial charge on any atom is 0.336 e. The van der Waals surface area contributed by atoms with Gasteiger partial charge in [0.1, 0.15) is 11.3 Å². The molecular formula is C31H30N2O5. The monoisotopic (exact) mass is 510 g/mol. The number of nitrogens with one attached hydrogen (secondary N) is 1. The van der Waals surface area contributed by atoms with Gasteiger partial charge in [-0.2, -0.15) is 0 Å². The zero-order chi connectivity index (χ0) is 26.7. The van der Waals surface area contributed by atoms with Crippen molar-refractivity contribution in [2.75, 3.05) is 0 Å². The first kappa shape index (κ1) is 24.2. The highest BCUT2D eigenvalue weighted by Gasteiger charge is 2.64. The van der Waals surface area contributed by atoms with Gasteiger partial charge < -0.3 is 24.9 Å². The Balaban J connectivity index is 1.58. The van der Waals surface area contributed by atoms with Crippen LogP contribution in [-0.2, 0) is 22.4 Å². The van der Waals surface area contributed by atoms with E-state index in [-0.39, 0.29) is 18.1 Å². The quantitative estimate of drug-likeness (QED) is 0.306. The van der Waals surface area contributed by atoms with Crippen LogP contribution in [0.5, 0.6) is 5.75 Å². The highest BCUT2D eigenvalue weighted by molar-refractivity contribution is 5.88. The number of rotatable bonds is 3. The van der Waals surface area contributed by atoms with E-state index in [9.17, 15) is 9.59 Å². The number of hydrogen-bond acceptors (Lipinski definition) is 7. The third-order valence-corrected chi connectivity index (χ3v) is 8.15. The van der Waals surface area contributed by atoms with E-state index in [4.69, 9.17) is 19.6 Å². The number of fused-ring (bicyclic) bond motifs is 3. The number of benzene rings is 2. The van der Waals surface area contributed by atoms with Crippen LogP contribution in [0, 0.1) is 0 Å². The second kappa shape index (κ2) is 8.74. The number of nitrogens with two attached hydrogens (primary N) is 1. The maximum absolute atomic E-state index is 13.3. The van der Waals surface area contributed by atoms with E-state index < -0.39 is 16.8 Å². The molecule has 6 rings (SSSR count).